The van der Waals surface area contributed by atoms with Crippen LogP contribution in [-0.4, -0.2) is 50.3 Å². The van der Waals surface area contributed by atoms with Crippen LogP contribution in [0.15, 0.2) is 89.8 Å². The lowest BCUT2D eigenvalue weighted by Gasteiger charge is -2.32. The molecule has 2 amide bonds. The number of aryl methyl sites for hydroxylation is 1. The van der Waals surface area contributed by atoms with Gasteiger partial charge in [-0.3, -0.25) is 13.9 Å². The minimum Gasteiger partial charge on any atom is -0.352 e. The van der Waals surface area contributed by atoms with Crippen molar-refractivity contribution in [3.63, 3.8) is 0 Å². The van der Waals surface area contributed by atoms with E-state index in [0.29, 0.717) is 12.1 Å². The summed E-state index contributed by atoms with van der Waals surface area (Å²) in [4.78, 5) is 28.8. The number of carbonyl (C=O) groups is 2. The monoisotopic (exact) mass is 547 g/mol. The maximum absolute atomic E-state index is 13.9. The molecule has 0 spiro atoms. The summed E-state index contributed by atoms with van der Waals surface area (Å²) in [7, 11) is -4.05. The third-order valence-corrected chi connectivity index (χ3v) is 9.04. The van der Waals surface area contributed by atoms with Gasteiger partial charge in [0, 0.05) is 12.6 Å². The predicted octanol–water partition coefficient (Wildman–Crippen LogP) is 4.71. The highest BCUT2D eigenvalue weighted by Crippen LogP contribution is 2.25. The lowest BCUT2D eigenvalue weighted by molar-refractivity contribution is -0.139. The predicted molar refractivity (Wildman–Crippen MR) is 154 cm³/mol. The maximum Gasteiger partial charge on any atom is 0.264 e. The first-order chi connectivity index (χ1) is 18.8. The Hall–Kier alpha value is -3.65. The fourth-order valence-electron chi connectivity index (χ4n) is 4.99. The Morgan fingerprint density at radius 2 is 1.56 bits per heavy atom. The van der Waals surface area contributed by atoms with Crippen LogP contribution in [0, 0.1) is 6.92 Å². The number of sulfonamides is 1. The molecule has 1 atom stereocenters. The third-order valence-electron chi connectivity index (χ3n) is 7.25. The number of anilines is 1. The van der Waals surface area contributed by atoms with E-state index in [0.717, 1.165) is 41.1 Å². The summed E-state index contributed by atoms with van der Waals surface area (Å²) in [5.74, 6) is -0.641. The van der Waals surface area contributed by atoms with E-state index in [2.05, 4.69) is 5.32 Å². The Balaban J connectivity index is 1.63. The molecule has 0 unspecified atom stereocenters. The van der Waals surface area contributed by atoms with Crippen LogP contribution in [0.4, 0.5) is 5.69 Å². The lowest BCUT2D eigenvalue weighted by Crippen LogP contribution is -2.53. The van der Waals surface area contributed by atoms with Crippen molar-refractivity contribution in [2.24, 2.45) is 0 Å². The number of rotatable bonds is 11. The molecule has 0 radical (unpaired) electrons. The summed E-state index contributed by atoms with van der Waals surface area (Å²) in [6.07, 6.45) is 4.58. The molecule has 7 nitrogen and oxygen atoms in total. The highest BCUT2D eigenvalue weighted by Gasteiger charge is 2.33. The number of hydrogen-bond acceptors (Lipinski definition) is 4. The summed E-state index contributed by atoms with van der Waals surface area (Å²) in [5.41, 5.74) is 2.31. The molecule has 1 fully saturated rings. The van der Waals surface area contributed by atoms with Crippen LogP contribution < -0.4 is 9.62 Å². The average molecular weight is 548 g/mol. The van der Waals surface area contributed by atoms with Crippen LogP contribution in [0.25, 0.3) is 0 Å². The van der Waals surface area contributed by atoms with Crippen LogP contribution in [0.1, 0.15) is 43.7 Å². The zero-order valence-electron chi connectivity index (χ0n) is 22.6. The molecule has 0 aromatic heterocycles. The Bertz CT molecular complexity index is 1360. The first-order valence-corrected chi connectivity index (χ1v) is 15.0. The third kappa shape index (κ3) is 7.26. The summed E-state index contributed by atoms with van der Waals surface area (Å²) in [5, 5.41) is 3.10. The molecule has 1 aliphatic carbocycles. The van der Waals surface area contributed by atoms with Gasteiger partial charge in [0.1, 0.15) is 12.6 Å². The van der Waals surface area contributed by atoms with Gasteiger partial charge in [-0.25, -0.2) is 8.42 Å². The van der Waals surface area contributed by atoms with Crippen molar-refractivity contribution in [2.45, 2.75) is 62.9 Å². The van der Waals surface area contributed by atoms with Crippen molar-refractivity contribution < 1.29 is 18.0 Å². The minimum atomic E-state index is -4.05. The van der Waals surface area contributed by atoms with Gasteiger partial charge in [-0.2, -0.15) is 0 Å². The normalized spacial score (nSPS) is 14.5. The zero-order chi connectivity index (χ0) is 27.8. The molecule has 8 heteroatoms. The summed E-state index contributed by atoms with van der Waals surface area (Å²) in [6, 6.07) is 24.3. The molecule has 0 bridgehead atoms. The smallest absolute Gasteiger partial charge is 0.264 e. The second-order valence-corrected chi connectivity index (χ2v) is 12.0. The summed E-state index contributed by atoms with van der Waals surface area (Å²) >= 11 is 0. The van der Waals surface area contributed by atoms with Crippen molar-refractivity contribution in [2.75, 3.05) is 17.4 Å². The van der Waals surface area contributed by atoms with E-state index >= 15 is 0 Å². The van der Waals surface area contributed by atoms with Gasteiger partial charge < -0.3 is 10.2 Å². The molecule has 0 aliphatic heterocycles. The quantitative estimate of drug-likeness (QED) is 0.377. The van der Waals surface area contributed by atoms with Crippen molar-refractivity contribution in [1.82, 2.24) is 10.2 Å². The Kier molecular flexibility index (Phi) is 9.41. The van der Waals surface area contributed by atoms with Gasteiger partial charge in [0.15, 0.2) is 0 Å². The highest BCUT2D eigenvalue weighted by molar-refractivity contribution is 7.92. The van der Waals surface area contributed by atoms with E-state index in [1.807, 2.05) is 43.3 Å². The molecule has 1 saturated carbocycles. The van der Waals surface area contributed by atoms with Crippen molar-refractivity contribution in [3.8, 4) is 0 Å². The zero-order valence-corrected chi connectivity index (χ0v) is 23.4. The van der Waals surface area contributed by atoms with Crippen LogP contribution in [0.3, 0.4) is 0 Å². The van der Waals surface area contributed by atoms with E-state index in [-0.39, 0.29) is 23.4 Å². The van der Waals surface area contributed by atoms with Crippen molar-refractivity contribution in [1.29, 1.82) is 0 Å². The van der Waals surface area contributed by atoms with Crippen LogP contribution in [0.5, 0.6) is 0 Å². The van der Waals surface area contributed by atoms with E-state index in [1.54, 1.807) is 43.3 Å². The van der Waals surface area contributed by atoms with E-state index in [4.69, 9.17) is 0 Å². The Morgan fingerprint density at radius 3 is 2.21 bits per heavy atom. The number of carbonyl (C=O) groups excluding carboxylic acids is 2. The number of nitrogens with one attached hydrogen (secondary N) is 1. The second kappa shape index (κ2) is 12.9. The van der Waals surface area contributed by atoms with Crippen LogP contribution >= 0.6 is 0 Å². The maximum atomic E-state index is 13.9. The molecule has 0 saturated heterocycles. The van der Waals surface area contributed by atoms with E-state index in [9.17, 15) is 18.0 Å². The molecule has 1 N–H and O–H groups in total. The van der Waals surface area contributed by atoms with Gasteiger partial charge in [-0.15, -0.1) is 0 Å². The fourth-order valence-corrected chi connectivity index (χ4v) is 6.42. The van der Waals surface area contributed by atoms with Gasteiger partial charge in [-0.05, 0) is 68.5 Å². The van der Waals surface area contributed by atoms with Crippen LogP contribution in [-0.2, 0) is 26.0 Å². The molecule has 206 valence electrons. The molecular formula is C31H37N3O4S. The Morgan fingerprint density at radius 1 is 0.923 bits per heavy atom. The van der Waals surface area contributed by atoms with Crippen molar-refractivity contribution in [3.05, 3.63) is 96.1 Å². The molecule has 1 aliphatic rings. The molecule has 0 heterocycles. The highest BCUT2D eigenvalue weighted by atomic mass is 32.2. The molecule has 39 heavy (non-hydrogen) atoms. The standard InChI is InChI=1S/C31H37N3O4S/c1-24-12-11-17-28(22-24)34(39(37,38)29-18-7-4-8-19-29)23-30(35)33(21-20-26-13-5-3-6-14-26)25(2)31(36)32-27-15-9-10-16-27/h3-8,11-14,17-19,22,25,27H,9-10,15-16,20-21,23H2,1-2H3,(H,32,36)/t25-/m1/s1. The average Bonchev–Trinajstić information content (AvgIpc) is 3.45. The topological polar surface area (TPSA) is 86.8 Å². The van der Waals surface area contributed by atoms with Gasteiger partial charge in [0.25, 0.3) is 10.0 Å². The molecular weight excluding hydrogens is 510 g/mol. The number of benzene rings is 3. The Labute approximate surface area is 231 Å². The second-order valence-electron chi connectivity index (χ2n) is 10.2. The fraction of sp³-hybridized carbons (Fsp3) is 0.355. The van der Waals surface area contributed by atoms with Gasteiger partial charge >= 0.3 is 0 Å². The number of nitrogens with zero attached hydrogens (tertiary/aromatic N) is 2. The first-order valence-electron chi connectivity index (χ1n) is 13.5. The number of amides is 2. The lowest BCUT2D eigenvalue weighted by atomic mass is 10.1. The summed E-state index contributed by atoms with van der Waals surface area (Å²) in [6.45, 7) is 3.46. The number of hydrogen-bond donors (Lipinski definition) is 1. The minimum absolute atomic E-state index is 0.0992. The first kappa shape index (κ1) is 28.4. The van der Waals surface area contributed by atoms with Gasteiger partial charge in [-0.1, -0.05) is 73.5 Å². The molecule has 3 aromatic carbocycles. The molecule has 3 aromatic rings. The van der Waals surface area contributed by atoms with Gasteiger partial charge in [0.05, 0.1) is 10.6 Å². The SMILES string of the molecule is Cc1cccc(N(CC(=O)N(CCc2ccccc2)[C@H](C)C(=O)NC2CCCC2)S(=O)(=O)c2ccccc2)c1. The van der Waals surface area contributed by atoms with E-state index in [1.165, 1.54) is 17.0 Å². The summed E-state index contributed by atoms with van der Waals surface area (Å²) < 4.78 is 28.7. The largest absolute Gasteiger partial charge is 0.352 e. The van der Waals surface area contributed by atoms with Crippen LogP contribution in [0.2, 0.25) is 0 Å². The van der Waals surface area contributed by atoms with Gasteiger partial charge in [0.2, 0.25) is 11.8 Å². The van der Waals surface area contributed by atoms with Crippen molar-refractivity contribution >= 4 is 27.5 Å². The molecule has 4 rings (SSSR count). The van der Waals surface area contributed by atoms with E-state index < -0.39 is 28.5 Å².